The zero-order valence-electron chi connectivity index (χ0n) is 14.3. The molecule has 4 rings (SSSR count). The van der Waals surface area contributed by atoms with Gasteiger partial charge in [-0.15, -0.1) is 0 Å². The summed E-state index contributed by atoms with van der Waals surface area (Å²) in [5.74, 6) is -2.18. The molecule has 2 nitrogen and oxygen atoms in total. The highest BCUT2D eigenvalue weighted by atomic mass is 19.1. The van der Waals surface area contributed by atoms with Crippen LogP contribution in [0.25, 0.3) is 21.9 Å². The molecule has 0 saturated carbocycles. The lowest BCUT2D eigenvalue weighted by Gasteiger charge is -2.10. The van der Waals surface area contributed by atoms with Crippen LogP contribution in [0.1, 0.15) is 5.56 Å². The van der Waals surface area contributed by atoms with Crippen LogP contribution in [0.15, 0.2) is 78.9 Å². The van der Waals surface area contributed by atoms with Crippen LogP contribution in [0.5, 0.6) is 11.5 Å². The second-order valence-electron chi connectivity index (χ2n) is 6.29. The average molecular weight is 362 g/mol. The Labute approximate surface area is 155 Å². The zero-order chi connectivity index (χ0) is 18.8. The predicted octanol–water partition coefficient (Wildman–Crippen LogP) is 6.07. The fourth-order valence-electron chi connectivity index (χ4n) is 3.00. The van der Waals surface area contributed by atoms with Gasteiger partial charge in [0.15, 0.2) is 17.4 Å². The quantitative estimate of drug-likeness (QED) is 0.477. The highest BCUT2D eigenvalue weighted by Crippen LogP contribution is 2.29. The van der Waals surface area contributed by atoms with Gasteiger partial charge in [-0.25, -0.2) is 8.78 Å². The van der Waals surface area contributed by atoms with E-state index < -0.39 is 17.4 Å². The monoisotopic (exact) mass is 362 g/mol. The number of halogens is 2. The van der Waals surface area contributed by atoms with Gasteiger partial charge in [-0.2, -0.15) is 0 Å². The Morgan fingerprint density at radius 1 is 0.704 bits per heavy atom. The number of benzene rings is 4. The Hall–Kier alpha value is -3.40. The molecule has 4 heteroatoms. The largest absolute Gasteiger partial charge is 0.503 e. The third-order valence-electron chi connectivity index (χ3n) is 4.40. The van der Waals surface area contributed by atoms with E-state index in [2.05, 4.69) is 0 Å². The molecule has 0 aromatic heterocycles. The summed E-state index contributed by atoms with van der Waals surface area (Å²) < 4.78 is 33.1. The van der Waals surface area contributed by atoms with Crippen molar-refractivity contribution >= 4 is 10.8 Å². The number of hydrogen-bond donors (Lipinski definition) is 1. The van der Waals surface area contributed by atoms with Crippen molar-refractivity contribution in [1.82, 2.24) is 0 Å². The molecule has 0 amide bonds. The lowest BCUT2D eigenvalue weighted by molar-refractivity contribution is 0.306. The van der Waals surface area contributed by atoms with E-state index in [1.165, 1.54) is 0 Å². The summed E-state index contributed by atoms with van der Waals surface area (Å²) in [5.41, 5.74) is 1.87. The lowest BCUT2D eigenvalue weighted by atomic mass is 10.0. The molecular formula is C23H16F2O2. The number of phenols is 1. The second kappa shape index (κ2) is 7.08. The maximum absolute atomic E-state index is 13.6. The molecule has 0 radical (unpaired) electrons. The molecular weight excluding hydrogens is 346 g/mol. The molecule has 0 unspecified atom stereocenters. The van der Waals surface area contributed by atoms with E-state index in [9.17, 15) is 13.9 Å². The molecule has 0 heterocycles. The van der Waals surface area contributed by atoms with E-state index in [1.807, 2.05) is 54.6 Å². The predicted molar refractivity (Wildman–Crippen MR) is 102 cm³/mol. The maximum Gasteiger partial charge on any atom is 0.187 e. The van der Waals surface area contributed by atoms with Crippen molar-refractivity contribution in [2.24, 2.45) is 0 Å². The zero-order valence-corrected chi connectivity index (χ0v) is 14.3. The number of phenolic OH excluding ortho intramolecular Hbond substituents is 1. The number of fused-ring (bicyclic) bond motifs is 1. The topological polar surface area (TPSA) is 29.5 Å². The van der Waals surface area contributed by atoms with Crippen LogP contribution >= 0.6 is 0 Å². The molecule has 0 bridgehead atoms. The van der Waals surface area contributed by atoms with Crippen LogP contribution in [0.4, 0.5) is 8.78 Å². The molecule has 4 aromatic carbocycles. The van der Waals surface area contributed by atoms with Gasteiger partial charge < -0.3 is 9.84 Å². The van der Waals surface area contributed by atoms with Gasteiger partial charge in [-0.3, -0.25) is 0 Å². The third-order valence-corrected chi connectivity index (χ3v) is 4.40. The van der Waals surface area contributed by atoms with E-state index >= 15 is 0 Å². The Morgan fingerprint density at radius 3 is 2.22 bits per heavy atom. The molecule has 4 aromatic rings. The van der Waals surface area contributed by atoms with Gasteiger partial charge in [0.05, 0.1) is 0 Å². The van der Waals surface area contributed by atoms with Gasteiger partial charge in [-0.1, -0.05) is 48.5 Å². The highest BCUT2D eigenvalue weighted by molar-refractivity contribution is 5.83. The first-order valence-corrected chi connectivity index (χ1v) is 8.49. The van der Waals surface area contributed by atoms with Crippen LogP contribution in [0.3, 0.4) is 0 Å². The summed E-state index contributed by atoms with van der Waals surface area (Å²) in [6.07, 6.45) is 0. The van der Waals surface area contributed by atoms with Gasteiger partial charge in [0.25, 0.3) is 0 Å². The first kappa shape index (κ1) is 17.0. The van der Waals surface area contributed by atoms with E-state index in [4.69, 9.17) is 4.74 Å². The van der Waals surface area contributed by atoms with Crippen LogP contribution in [-0.4, -0.2) is 5.11 Å². The van der Waals surface area contributed by atoms with Crippen LogP contribution in [0.2, 0.25) is 0 Å². The van der Waals surface area contributed by atoms with Gasteiger partial charge in [-0.05, 0) is 57.8 Å². The van der Waals surface area contributed by atoms with Gasteiger partial charge in [0, 0.05) is 0 Å². The Balaban J connectivity index is 1.55. The Bertz CT molecular complexity index is 1100. The van der Waals surface area contributed by atoms with E-state index in [-0.39, 0.29) is 0 Å². The number of aromatic hydroxyl groups is 1. The number of rotatable bonds is 4. The van der Waals surface area contributed by atoms with Crippen LogP contribution in [-0.2, 0) is 6.61 Å². The number of hydrogen-bond acceptors (Lipinski definition) is 2. The summed E-state index contributed by atoms with van der Waals surface area (Å²) >= 11 is 0. The fourth-order valence-corrected chi connectivity index (χ4v) is 3.00. The molecule has 1 N–H and O–H groups in total. The molecule has 27 heavy (non-hydrogen) atoms. The van der Waals surface area contributed by atoms with E-state index in [0.29, 0.717) is 17.7 Å². The smallest absolute Gasteiger partial charge is 0.187 e. The molecule has 0 spiro atoms. The Morgan fingerprint density at radius 2 is 1.44 bits per heavy atom. The molecule has 0 aliphatic carbocycles. The van der Waals surface area contributed by atoms with Gasteiger partial charge >= 0.3 is 0 Å². The van der Waals surface area contributed by atoms with Crippen molar-refractivity contribution in [3.8, 4) is 22.6 Å². The standard InChI is InChI=1S/C23H16F2O2/c24-21-12-19(13-22(25)23(21)26)17-7-3-4-15(10-17)14-27-20-9-8-16-5-1-2-6-18(16)11-20/h1-13,26H,14H2. The van der Waals surface area contributed by atoms with E-state index in [0.717, 1.165) is 34.2 Å². The van der Waals surface area contributed by atoms with Crippen molar-refractivity contribution in [2.75, 3.05) is 0 Å². The number of ether oxygens (including phenoxy) is 1. The summed E-state index contributed by atoms with van der Waals surface area (Å²) in [4.78, 5) is 0. The SMILES string of the molecule is Oc1c(F)cc(-c2cccc(COc3ccc4ccccc4c3)c2)cc1F. The molecule has 0 atom stereocenters. The minimum absolute atomic E-state index is 0.329. The molecule has 0 fully saturated rings. The molecule has 0 aliphatic rings. The first-order valence-electron chi connectivity index (χ1n) is 8.49. The lowest BCUT2D eigenvalue weighted by Crippen LogP contribution is -1.96. The summed E-state index contributed by atoms with van der Waals surface area (Å²) in [7, 11) is 0. The fraction of sp³-hybridized carbons (Fsp3) is 0.0435. The normalized spacial score (nSPS) is 10.9. The second-order valence-corrected chi connectivity index (χ2v) is 6.29. The average Bonchev–Trinajstić information content (AvgIpc) is 2.70. The van der Waals surface area contributed by atoms with Gasteiger partial charge in [0.1, 0.15) is 12.4 Å². The molecule has 134 valence electrons. The van der Waals surface area contributed by atoms with Crippen molar-refractivity contribution in [1.29, 1.82) is 0 Å². The third kappa shape index (κ3) is 3.60. The van der Waals surface area contributed by atoms with Gasteiger partial charge in [0.2, 0.25) is 0 Å². The van der Waals surface area contributed by atoms with Crippen molar-refractivity contribution in [3.63, 3.8) is 0 Å². The summed E-state index contributed by atoms with van der Waals surface area (Å²) in [6, 6.07) is 23.4. The van der Waals surface area contributed by atoms with Crippen LogP contribution in [0, 0.1) is 11.6 Å². The summed E-state index contributed by atoms with van der Waals surface area (Å²) in [5, 5.41) is 11.5. The van der Waals surface area contributed by atoms with Crippen molar-refractivity contribution in [2.45, 2.75) is 6.61 Å². The maximum atomic E-state index is 13.6. The Kier molecular flexibility index (Phi) is 4.47. The van der Waals surface area contributed by atoms with E-state index in [1.54, 1.807) is 12.1 Å². The first-order chi connectivity index (χ1) is 13.1. The minimum atomic E-state index is -0.984. The minimum Gasteiger partial charge on any atom is -0.503 e. The summed E-state index contributed by atoms with van der Waals surface area (Å²) in [6.45, 7) is 0.329. The van der Waals surface area contributed by atoms with Crippen LogP contribution < -0.4 is 4.74 Å². The highest BCUT2D eigenvalue weighted by Gasteiger charge is 2.11. The molecule has 0 aliphatic heterocycles. The molecule has 0 saturated heterocycles. The van der Waals surface area contributed by atoms with Crippen molar-refractivity contribution < 1.29 is 18.6 Å². The van der Waals surface area contributed by atoms with Crippen molar-refractivity contribution in [3.05, 3.63) is 96.1 Å².